The van der Waals surface area contributed by atoms with Gasteiger partial charge >= 0.3 is 0 Å². The van der Waals surface area contributed by atoms with Crippen molar-refractivity contribution >= 4 is 6.29 Å². The van der Waals surface area contributed by atoms with Crippen LogP contribution in [0.4, 0.5) is 0 Å². The van der Waals surface area contributed by atoms with Crippen LogP contribution in [0.3, 0.4) is 0 Å². The summed E-state index contributed by atoms with van der Waals surface area (Å²) in [5, 5.41) is 31.7. The van der Waals surface area contributed by atoms with Gasteiger partial charge in [0.15, 0.2) is 0 Å². The number of hydrogen-bond acceptors (Lipinski definition) is 5. The fourth-order valence-electron chi connectivity index (χ4n) is 6.16. The van der Waals surface area contributed by atoms with E-state index < -0.39 is 22.7 Å². The topological polar surface area (TPSA) is 87.0 Å². The molecular formula is C30H50O5. The first-order chi connectivity index (χ1) is 16.3. The Morgan fingerprint density at radius 1 is 1.09 bits per heavy atom. The molecule has 2 fully saturated rings. The first-order valence-electron chi connectivity index (χ1n) is 13.4. The fraction of sp³-hybridized carbons (Fsp3) is 0.767. The lowest BCUT2D eigenvalue weighted by Crippen LogP contribution is -2.52. The van der Waals surface area contributed by atoms with E-state index >= 15 is 0 Å². The summed E-state index contributed by atoms with van der Waals surface area (Å²) in [6, 6.07) is 0. The Labute approximate surface area is 213 Å². The Hall–Kier alpha value is -1.27. The second-order valence-corrected chi connectivity index (χ2v) is 11.9. The maximum Gasteiger partial charge on any atom is 0.145 e. The van der Waals surface area contributed by atoms with Gasteiger partial charge in [-0.05, 0) is 110 Å². The van der Waals surface area contributed by atoms with Gasteiger partial charge in [0, 0.05) is 18.4 Å². The molecule has 5 nitrogen and oxygen atoms in total. The number of aliphatic hydroxyl groups excluding tert-OH is 2. The molecule has 0 aromatic heterocycles. The SMILES string of the molecule is CC(C)=CCC[C@]1(C)O[C@@H](/C(C)=C\CC[C@@]2(C)[C@H](CCCO)/C(=C(/C)C=O)CC[C@]2(C)O)C[C@H]1O. The van der Waals surface area contributed by atoms with Gasteiger partial charge in [-0.1, -0.05) is 30.2 Å². The minimum Gasteiger partial charge on any atom is -0.396 e. The molecule has 1 aliphatic carbocycles. The zero-order valence-electron chi connectivity index (χ0n) is 23.2. The summed E-state index contributed by atoms with van der Waals surface area (Å²) in [4.78, 5) is 11.6. The van der Waals surface area contributed by atoms with Gasteiger partial charge < -0.3 is 20.1 Å². The quantitative estimate of drug-likeness (QED) is 0.193. The number of hydrogen-bond donors (Lipinski definition) is 3. The van der Waals surface area contributed by atoms with Crippen molar-refractivity contribution in [3.63, 3.8) is 0 Å². The van der Waals surface area contributed by atoms with Crippen molar-refractivity contribution < 1.29 is 24.9 Å². The third-order valence-electron chi connectivity index (χ3n) is 9.02. The minimum absolute atomic E-state index is 0.0558. The lowest BCUT2D eigenvalue weighted by atomic mass is 9.54. The number of rotatable bonds is 11. The smallest absolute Gasteiger partial charge is 0.145 e. The highest BCUT2D eigenvalue weighted by molar-refractivity contribution is 5.74. The molecule has 200 valence electrons. The summed E-state index contributed by atoms with van der Waals surface area (Å²) >= 11 is 0. The molecule has 35 heavy (non-hydrogen) atoms. The first kappa shape index (κ1) is 30.0. The second-order valence-electron chi connectivity index (χ2n) is 11.9. The highest BCUT2D eigenvalue weighted by Gasteiger charge is 2.52. The molecule has 1 saturated carbocycles. The Bertz CT molecular complexity index is 819. The Morgan fingerprint density at radius 3 is 2.34 bits per heavy atom. The van der Waals surface area contributed by atoms with Crippen molar-refractivity contribution in [1.29, 1.82) is 0 Å². The van der Waals surface area contributed by atoms with E-state index in [1.807, 2.05) is 20.8 Å². The predicted molar refractivity (Wildman–Crippen MR) is 142 cm³/mol. The van der Waals surface area contributed by atoms with Gasteiger partial charge in [-0.2, -0.15) is 0 Å². The third-order valence-corrected chi connectivity index (χ3v) is 9.02. The van der Waals surface area contributed by atoms with Crippen LogP contribution < -0.4 is 0 Å². The van der Waals surface area contributed by atoms with Gasteiger partial charge in [0.2, 0.25) is 0 Å². The van der Waals surface area contributed by atoms with Crippen LogP contribution in [-0.4, -0.2) is 51.6 Å². The summed E-state index contributed by atoms with van der Waals surface area (Å²) in [6.45, 7) is 14.3. The molecule has 1 heterocycles. The third kappa shape index (κ3) is 6.94. The summed E-state index contributed by atoms with van der Waals surface area (Å²) in [7, 11) is 0. The van der Waals surface area contributed by atoms with E-state index in [0.717, 1.165) is 61.5 Å². The monoisotopic (exact) mass is 490 g/mol. The maximum atomic E-state index is 11.6. The Kier molecular flexibility index (Phi) is 10.5. The minimum atomic E-state index is -0.856. The number of ether oxygens (including phenoxy) is 1. The number of aldehydes is 1. The molecule has 0 aromatic carbocycles. The number of allylic oxidation sites excluding steroid dienone is 5. The Morgan fingerprint density at radius 2 is 1.74 bits per heavy atom. The maximum absolute atomic E-state index is 11.6. The normalized spacial score (nSPS) is 37.3. The number of aliphatic hydroxyl groups is 3. The van der Waals surface area contributed by atoms with Crippen molar-refractivity contribution in [3.05, 3.63) is 34.4 Å². The van der Waals surface area contributed by atoms with E-state index in [2.05, 4.69) is 39.8 Å². The van der Waals surface area contributed by atoms with Crippen LogP contribution in [0, 0.1) is 11.3 Å². The van der Waals surface area contributed by atoms with E-state index in [0.29, 0.717) is 19.3 Å². The summed E-state index contributed by atoms with van der Waals surface area (Å²) in [5.41, 5.74) is 2.50. The van der Waals surface area contributed by atoms with E-state index in [-0.39, 0.29) is 18.6 Å². The van der Waals surface area contributed by atoms with Gasteiger partial charge in [-0.15, -0.1) is 0 Å². The van der Waals surface area contributed by atoms with Crippen LogP contribution in [0.15, 0.2) is 34.4 Å². The standard InChI is InChI=1S/C30H50O5/c1-21(2)11-8-16-29(6)27(33)19-26(35-29)22(3)12-9-15-28(5)25(13-10-18-31)24(23(4)20-32)14-17-30(28,7)34/h11-12,20,25-27,31,33-34H,8-10,13-19H2,1-7H3/b22-12-,24-23-/t25-,26-,27-,28+,29+,30+/m1/s1. The average Bonchev–Trinajstić information content (AvgIpc) is 3.08. The van der Waals surface area contributed by atoms with Crippen molar-refractivity contribution in [2.24, 2.45) is 11.3 Å². The molecule has 2 aliphatic rings. The van der Waals surface area contributed by atoms with Crippen molar-refractivity contribution in [2.75, 3.05) is 6.61 Å². The predicted octanol–water partition coefficient (Wildman–Crippen LogP) is 5.82. The van der Waals surface area contributed by atoms with Gasteiger partial charge in [0.25, 0.3) is 0 Å². The highest BCUT2D eigenvalue weighted by atomic mass is 16.5. The highest BCUT2D eigenvalue weighted by Crippen LogP contribution is 2.55. The molecule has 0 amide bonds. The van der Waals surface area contributed by atoms with Gasteiger partial charge in [0.05, 0.1) is 23.4 Å². The molecule has 0 radical (unpaired) electrons. The molecule has 1 aliphatic heterocycles. The number of carbonyl (C=O) groups is 1. The van der Waals surface area contributed by atoms with E-state index in [9.17, 15) is 20.1 Å². The van der Waals surface area contributed by atoms with Crippen LogP contribution in [0.25, 0.3) is 0 Å². The molecule has 0 spiro atoms. The molecule has 3 N–H and O–H groups in total. The van der Waals surface area contributed by atoms with E-state index in [1.54, 1.807) is 0 Å². The molecule has 6 atom stereocenters. The van der Waals surface area contributed by atoms with Crippen molar-refractivity contribution in [1.82, 2.24) is 0 Å². The summed E-state index contributed by atoms with van der Waals surface area (Å²) < 4.78 is 6.38. The first-order valence-corrected chi connectivity index (χ1v) is 13.4. The molecular weight excluding hydrogens is 440 g/mol. The molecule has 0 bridgehead atoms. The molecule has 2 rings (SSSR count). The molecule has 0 unspecified atom stereocenters. The lowest BCUT2D eigenvalue weighted by molar-refractivity contribution is -0.115. The second kappa shape index (κ2) is 12.3. The van der Waals surface area contributed by atoms with Crippen LogP contribution in [0.2, 0.25) is 0 Å². The van der Waals surface area contributed by atoms with Crippen molar-refractivity contribution in [2.45, 2.75) is 130 Å². The zero-order chi connectivity index (χ0) is 26.4. The lowest BCUT2D eigenvalue weighted by Gasteiger charge is -2.53. The van der Waals surface area contributed by atoms with E-state index in [1.165, 1.54) is 5.57 Å². The summed E-state index contributed by atoms with van der Waals surface area (Å²) in [6.07, 6.45) is 11.4. The van der Waals surface area contributed by atoms with E-state index in [4.69, 9.17) is 4.74 Å². The summed E-state index contributed by atoms with van der Waals surface area (Å²) in [5.74, 6) is 0.0558. The van der Waals surface area contributed by atoms with Crippen LogP contribution in [-0.2, 0) is 9.53 Å². The average molecular weight is 491 g/mol. The van der Waals surface area contributed by atoms with Crippen LogP contribution >= 0.6 is 0 Å². The van der Waals surface area contributed by atoms with Crippen molar-refractivity contribution in [3.8, 4) is 0 Å². The Balaban J connectivity index is 2.16. The fourth-order valence-corrected chi connectivity index (χ4v) is 6.16. The number of carbonyl (C=O) groups excluding carboxylic acids is 1. The van der Waals surface area contributed by atoms with Crippen LogP contribution in [0.1, 0.15) is 106 Å². The van der Waals surface area contributed by atoms with Gasteiger partial charge in [-0.3, -0.25) is 4.79 Å². The molecule has 0 aromatic rings. The molecule has 1 saturated heterocycles. The zero-order valence-corrected chi connectivity index (χ0v) is 23.2. The van der Waals surface area contributed by atoms with Crippen LogP contribution in [0.5, 0.6) is 0 Å². The van der Waals surface area contributed by atoms with Gasteiger partial charge in [-0.25, -0.2) is 0 Å². The largest absolute Gasteiger partial charge is 0.396 e. The van der Waals surface area contributed by atoms with Gasteiger partial charge in [0.1, 0.15) is 6.29 Å². The molecule has 5 heteroatoms.